The van der Waals surface area contributed by atoms with Gasteiger partial charge in [0.1, 0.15) is 12.2 Å². The van der Waals surface area contributed by atoms with E-state index in [1.54, 1.807) is 7.11 Å². The molecular formula is C18H25N3O3. The zero-order valence-corrected chi connectivity index (χ0v) is 14.1. The van der Waals surface area contributed by atoms with E-state index in [1.165, 1.54) is 0 Å². The highest BCUT2D eigenvalue weighted by atomic mass is 16.5. The fourth-order valence-corrected chi connectivity index (χ4v) is 3.01. The van der Waals surface area contributed by atoms with Crippen LogP contribution in [0.2, 0.25) is 0 Å². The summed E-state index contributed by atoms with van der Waals surface area (Å²) in [6, 6.07) is 8.33. The van der Waals surface area contributed by atoms with Crippen molar-refractivity contribution in [1.82, 2.24) is 10.6 Å². The van der Waals surface area contributed by atoms with Crippen LogP contribution in [0, 0.1) is 5.92 Å². The molecule has 2 aliphatic rings. The monoisotopic (exact) mass is 331 g/mol. The Morgan fingerprint density at radius 2 is 2.08 bits per heavy atom. The van der Waals surface area contributed by atoms with Gasteiger partial charge in [0.05, 0.1) is 7.11 Å². The van der Waals surface area contributed by atoms with Crippen LogP contribution in [0.1, 0.15) is 25.7 Å². The largest absolute Gasteiger partial charge is 0.497 e. The predicted octanol–water partition coefficient (Wildman–Crippen LogP) is 1.31. The summed E-state index contributed by atoms with van der Waals surface area (Å²) >= 11 is 0. The molecule has 3 rings (SSSR count). The van der Waals surface area contributed by atoms with Crippen LogP contribution >= 0.6 is 0 Å². The van der Waals surface area contributed by atoms with Crippen LogP contribution in [0.15, 0.2) is 24.3 Å². The van der Waals surface area contributed by atoms with Crippen LogP contribution in [-0.4, -0.2) is 44.6 Å². The summed E-state index contributed by atoms with van der Waals surface area (Å²) in [5.74, 6) is 0.907. The lowest BCUT2D eigenvalue weighted by atomic mass is 10.1. The molecule has 0 radical (unpaired) electrons. The highest BCUT2D eigenvalue weighted by Gasteiger charge is 2.25. The second kappa shape index (κ2) is 7.55. The van der Waals surface area contributed by atoms with Crippen molar-refractivity contribution in [3.05, 3.63) is 24.3 Å². The number of nitrogens with one attached hydrogen (secondary N) is 2. The van der Waals surface area contributed by atoms with E-state index in [0.29, 0.717) is 18.5 Å². The first kappa shape index (κ1) is 16.6. The van der Waals surface area contributed by atoms with E-state index in [-0.39, 0.29) is 18.2 Å². The molecule has 0 aromatic heterocycles. The average Bonchev–Trinajstić information content (AvgIpc) is 3.26. The van der Waals surface area contributed by atoms with Gasteiger partial charge in [-0.15, -0.1) is 0 Å². The van der Waals surface area contributed by atoms with E-state index >= 15 is 0 Å². The first-order valence-corrected chi connectivity index (χ1v) is 8.59. The molecule has 1 saturated heterocycles. The number of amides is 2. The summed E-state index contributed by atoms with van der Waals surface area (Å²) < 4.78 is 5.27. The van der Waals surface area contributed by atoms with E-state index in [4.69, 9.17) is 4.74 Å². The van der Waals surface area contributed by atoms with Crippen LogP contribution in [-0.2, 0) is 9.59 Å². The van der Waals surface area contributed by atoms with E-state index in [2.05, 4.69) is 21.6 Å². The normalized spacial score (nSPS) is 19.9. The van der Waals surface area contributed by atoms with Crippen molar-refractivity contribution in [3.63, 3.8) is 0 Å². The molecule has 1 aromatic rings. The Kier molecular flexibility index (Phi) is 5.23. The van der Waals surface area contributed by atoms with Gasteiger partial charge in [-0.2, -0.15) is 0 Å². The third-order valence-corrected chi connectivity index (χ3v) is 4.56. The molecule has 130 valence electrons. The minimum absolute atomic E-state index is 0.0666. The maximum absolute atomic E-state index is 11.8. The molecular weight excluding hydrogens is 306 g/mol. The Hall–Kier alpha value is -2.24. The lowest BCUT2D eigenvalue weighted by Gasteiger charge is -2.19. The fourth-order valence-electron chi connectivity index (χ4n) is 3.01. The maximum atomic E-state index is 11.8. The quantitative estimate of drug-likeness (QED) is 0.739. The van der Waals surface area contributed by atoms with Crippen molar-refractivity contribution in [1.29, 1.82) is 0 Å². The molecule has 1 aliphatic heterocycles. The fraction of sp³-hybridized carbons (Fsp3) is 0.556. The van der Waals surface area contributed by atoms with Crippen LogP contribution in [0.4, 0.5) is 5.69 Å². The van der Waals surface area contributed by atoms with Gasteiger partial charge in [0.15, 0.2) is 0 Å². The van der Waals surface area contributed by atoms with E-state index < -0.39 is 0 Å². The molecule has 24 heavy (non-hydrogen) atoms. The maximum Gasteiger partial charge on any atom is 0.229 e. The van der Waals surface area contributed by atoms with Crippen LogP contribution in [0.25, 0.3) is 0 Å². The Labute approximate surface area is 142 Å². The summed E-state index contributed by atoms with van der Waals surface area (Å²) in [5.41, 5.74) is 1.15. The highest BCUT2D eigenvalue weighted by molar-refractivity contribution is 5.97. The number of carbonyl (C=O) groups excluding carboxylic acids is 2. The molecule has 6 heteroatoms. The molecule has 1 aliphatic carbocycles. The number of ether oxygens (including phenoxy) is 1. The number of hydrogen-bond donors (Lipinski definition) is 2. The topological polar surface area (TPSA) is 70.7 Å². The lowest BCUT2D eigenvalue weighted by molar-refractivity contribution is -0.129. The zero-order valence-electron chi connectivity index (χ0n) is 14.1. The SMILES string of the molecule is COc1cccc(N2CCC(CNC(=O)CC(=O)NC3CC3)C2)c1. The highest BCUT2D eigenvalue weighted by Crippen LogP contribution is 2.26. The van der Waals surface area contributed by atoms with E-state index in [0.717, 1.165) is 43.8 Å². The Morgan fingerprint density at radius 3 is 2.83 bits per heavy atom. The molecule has 6 nitrogen and oxygen atoms in total. The summed E-state index contributed by atoms with van der Waals surface area (Å²) in [4.78, 5) is 25.8. The molecule has 1 unspecified atom stereocenters. The third-order valence-electron chi connectivity index (χ3n) is 4.56. The number of rotatable bonds is 7. The minimum Gasteiger partial charge on any atom is -0.497 e. The summed E-state index contributed by atoms with van der Waals surface area (Å²) in [6.07, 6.45) is 3.04. The Balaban J connectivity index is 1.40. The zero-order chi connectivity index (χ0) is 16.9. The first-order valence-electron chi connectivity index (χ1n) is 8.59. The molecule has 2 fully saturated rings. The van der Waals surface area contributed by atoms with Gasteiger partial charge in [-0.3, -0.25) is 9.59 Å². The first-order chi connectivity index (χ1) is 11.6. The predicted molar refractivity (Wildman–Crippen MR) is 92.1 cm³/mol. The van der Waals surface area contributed by atoms with Crippen molar-refractivity contribution in [2.75, 3.05) is 31.6 Å². The molecule has 0 bridgehead atoms. The number of hydrogen-bond acceptors (Lipinski definition) is 4. The van der Waals surface area contributed by atoms with Gasteiger partial charge in [-0.1, -0.05) is 6.07 Å². The van der Waals surface area contributed by atoms with Gasteiger partial charge < -0.3 is 20.3 Å². The molecule has 1 aromatic carbocycles. The molecule has 2 amide bonds. The molecule has 2 N–H and O–H groups in total. The smallest absolute Gasteiger partial charge is 0.229 e. The van der Waals surface area contributed by atoms with Crippen LogP contribution in [0.5, 0.6) is 5.75 Å². The number of methoxy groups -OCH3 is 1. The van der Waals surface area contributed by atoms with E-state index in [9.17, 15) is 9.59 Å². The van der Waals surface area contributed by atoms with Gasteiger partial charge in [-0.25, -0.2) is 0 Å². The molecule has 0 spiro atoms. The van der Waals surface area contributed by atoms with Crippen molar-refractivity contribution in [2.24, 2.45) is 5.92 Å². The van der Waals surface area contributed by atoms with Gasteiger partial charge >= 0.3 is 0 Å². The minimum atomic E-state index is -0.187. The van der Waals surface area contributed by atoms with E-state index in [1.807, 2.05) is 18.2 Å². The average molecular weight is 331 g/mol. The number of nitrogens with zero attached hydrogens (tertiary/aromatic N) is 1. The Morgan fingerprint density at radius 1 is 1.25 bits per heavy atom. The number of anilines is 1. The van der Waals surface area contributed by atoms with Crippen molar-refractivity contribution >= 4 is 17.5 Å². The van der Waals surface area contributed by atoms with Crippen LogP contribution < -0.4 is 20.3 Å². The van der Waals surface area contributed by atoms with Crippen molar-refractivity contribution < 1.29 is 14.3 Å². The lowest BCUT2D eigenvalue weighted by Crippen LogP contribution is -2.35. The summed E-state index contributed by atoms with van der Waals surface area (Å²) in [5, 5.41) is 5.72. The number of benzene rings is 1. The second-order valence-corrected chi connectivity index (χ2v) is 6.62. The summed E-state index contributed by atoms with van der Waals surface area (Å²) in [7, 11) is 1.67. The van der Waals surface area contributed by atoms with Crippen LogP contribution in [0.3, 0.4) is 0 Å². The molecule has 1 heterocycles. The Bertz CT molecular complexity index is 601. The second-order valence-electron chi connectivity index (χ2n) is 6.62. The molecule has 1 saturated carbocycles. The van der Waals surface area contributed by atoms with Gasteiger partial charge in [0.2, 0.25) is 11.8 Å². The van der Waals surface area contributed by atoms with Crippen molar-refractivity contribution in [2.45, 2.75) is 31.7 Å². The standard InChI is InChI=1S/C18H25N3O3/c1-24-16-4-2-3-15(9-16)21-8-7-13(12-21)11-19-17(22)10-18(23)20-14-5-6-14/h2-4,9,13-14H,5-8,10-12H2,1H3,(H,19,22)(H,20,23). The molecule has 1 atom stereocenters. The van der Waals surface area contributed by atoms with Gasteiger partial charge in [0.25, 0.3) is 0 Å². The summed E-state index contributed by atoms with van der Waals surface area (Å²) in [6.45, 7) is 2.49. The third kappa shape index (κ3) is 4.63. The van der Waals surface area contributed by atoms with Gasteiger partial charge in [0, 0.05) is 37.4 Å². The van der Waals surface area contributed by atoms with Gasteiger partial charge in [-0.05, 0) is 37.3 Å². The van der Waals surface area contributed by atoms with Crippen molar-refractivity contribution in [3.8, 4) is 5.75 Å². The number of carbonyl (C=O) groups is 2.